The first-order chi connectivity index (χ1) is 8.77. The molecule has 0 spiro atoms. The molecule has 1 aromatic rings. The predicted octanol–water partition coefficient (Wildman–Crippen LogP) is 1.23. The summed E-state index contributed by atoms with van der Waals surface area (Å²) in [4.78, 5) is 13.9. The Kier molecular flexibility index (Phi) is 4.59. The molecule has 1 aromatic carbocycles. The van der Waals surface area contributed by atoms with Gasteiger partial charge in [-0.25, -0.2) is 4.79 Å². The Bertz CT molecular complexity index is 380. The van der Waals surface area contributed by atoms with Crippen molar-refractivity contribution in [3.8, 4) is 0 Å². The minimum atomic E-state index is 0.0555. The van der Waals surface area contributed by atoms with Gasteiger partial charge in [0, 0.05) is 32.2 Å². The van der Waals surface area contributed by atoms with Gasteiger partial charge >= 0.3 is 6.03 Å². The number of amides is 2. The summed E-state index contributed by atoms with van der Waals surface area (Å²) < 4.78 is 0. The number of piperazine rings is 1. The normalized spacial score (nSPS) is 19.6. The van der Waals surface area contributed by atoms with Gasteiger partial charge in [-0.2, -0.15) is 0 Å². The molecule has 2 amide bonds. The standard InChI is InChI=1S/C14H21N3O/c1-12-11-15-9-10-17(12)14(18)16-8-7-13-5-3-2-4-6-13/h2-6,12,15H,7-11H2,1H3,(H,16,18). The highest BCUT2D eigenvalue weighted by Gasteiger charge is 2.22. The molecule has 0 bridgehead atoms. The second-order valence-electron chi connectivity index (χ2n) is 4.71. The molecule has 1 fully saturated rings. The van der Waals surface area contributed by atoms with Crippen LogP contribution in [0.1, 0.15) is 12.5 Å². The lowest BCUT2D eigenvalue weighted by Crippen LogP contribution is -2.55. The first kappa shape index (κ1) is 12.9. The largest absolute Gasteiger partial charge is 0.338 e. The van der Waals surface area contributed by atoms with Gasteiger partial charge in [-0.1, -0.05) is 30.3 Å². The highest BCUT2D eigenvalue weighted by atomic mass is 16.2. The lowest BCUT2D eigenvalue weighted by molar-refractivity contribution is 0.165. The Hall–Kier alpha value is -1.55. The molecule has 2 rings (SSSR count). The number of hydrogen-bond donors (Lipinski definition) is 2. The predicted molar refractivity (Wildman–Crippen MR) is 72.6 cm³/mol. The van der Waals surface area contributed by atoms with E-state index in [2.05, 4.69) is 29.7 Å². The number of nitrogens with zero attached hydrogens (tertiary/aromatic N) is 1. The number of urea groups is 1. The van der Waals surface area contributed by atoms with Crippen LogP contribution in [0, 0.1) is 0 Å². The summed E-state index contributed by atoms with van der Waals surface area (Å²) in [6, 6.07) is 10.5. The molecule has 1 atom stereocenters. The fourth-order valence-corrected chi connectivity index (χ4v) is 2.20. The van der Waals surface area contributed by atoms with Crippen molar-refractivity contribution in [1.82, 2.24) is 15.5 Å². The van der Waals surface area contributed by atoms with Crippen molar-refractivity contribution in [3.63, 3.8) is 0 Å². The number of nitrogens with one attached hydrogen (secondary N) is 2. The molecule has 2 N–H and O–H groups in total. The number of carbonyl (C=O) groups is 1. The van der Waals surface area contributed by atoms with Crippen LogP contribution in [0.4, 0.5) is 4.79 Å². The lowest BCUT2D eigenvalue weighted by atomic mass is 10.1. The molecule has 1 unspecified atom stereocenters. The van der Waals surface area contributed by atoms with Crippen LogP contribution in [0.2, 0.25) is 0 Å². The van der Waals surface area contributed by atoms with Gasteiger partial charge in [0.05, 0.1) is 0 Å². The Morgan fingerprint density at radius 2 is 2.22 bits per heavy atom. The lowest BCUT2D eigenvalue weighted by Gasteiger charge is -2.33. The van der Waals surface area contributed by atoms with E-state index in [1.165, 1.54) is 5.56 Å². The van der Waals surface area contributed by atoms with Gasteiger partial charge in [-0.05, 0) is 18.9 Å². The number of benzene rings is 1. The first-order valence-electron chi connectivity index (χ1n) is 6.56. The van der Waals surface area contributed by atoms with Gasteiger partial charge in [0.2, 0.25) is 0 Å². The monoisotopic (exact) mass is 247 g/mol. The van der Waals surface area contributed by atoms with Gasteiger partial charge in [0.25, 0.3) is 0 Å². The summed E-state index contributed by atoms with van der Waals surface area (Å²) in [7, 11) is 0. The second kappa shape index (κ2) is 6.40. The maximum Gasteiger partial charge on any atom is 0.317 e. The summed E-state index contributed by atoms with van der Waals surface area (Å²) in [6.07, 6.45) is 0.882. The molecule has 0 radical (unpaired) electrons. The average molecular weight is 247 g/mol. The third kappa shape index (κ3) is 3.47. The minimum absolute atomic E-state index is 0.0555. The van der Waals surface area contributed by atoms with Crippen LogP contribution in [0.5, 0.6) is 0 Å². The Labute approximate surface area is 108 Å². The fourth-order valence-electron chi connectivity index (χ4n) is 2.20. The van der Waals surface area contributed by atoms with E-state index >= 15 is 0 Å². The van der Waals surface area contributed by atoms with E-state index in [0.717, 1.165) is 26.1 Å². The van der Waals surface area contributed by atoms with Crippen molar-refractivity contribution >= 4 is 6.03 Å². The highest BCUT2D eigenvalue weighted by molar-refractivity contribution is 5.74. The van der Waals surface area contributed by atoms with E-state index in [-0.39, 0.29) is 12.1 Å². The quantitative estimate of drug-likeness (QED) is 0.844. The minimum Gasteiger partial charge on any atom is -0.338 e. The molecular weight excluding hydrogens is 226 g/mol. The summed E-state index contributed by atoms with van der Waals surface area (Å²) in [5.74, 6) is 0. The van der Waals surface area contributed by atoms with Crippen LogP contribution in [0.15, 0.2) is 30.3 Å². The van der Waals surface area contributed by atoms with Crippen LogP contribution in [0.3, 0.4) is 0 Å². The molecule has 4 heteroatoms. The zero-order valence-electron chi connectivity index (χ0n) is 10.9. The molecule has 4 nitrogen and oxygen atoms in total. The highest BCUT2D eigenvalue weighted by Crippen LogP contribution is 2.03. The molecule has 98 valence electrons. The number of rotatable bonds is 3. The summed E-state index contributed by atoms with van der Waals surface area (Å²) in [6.45, 7) is 5.32. The van der Waals surface area contributed by atoms with Gasteiger partial charge in [-0.3, -0.25) is 0 Å². The maximum absolute atomic E-state index is 12.0. The third-order valence-electron chi connectivity index (χ3n) is 3.29. The average Bonchev–Trinajstić information content (AvgIpc) is 2.40. The van der Waals surface area contributed by atoms with Crippen LogP contribution in [-0.2, 0) is 6.42 Å². The summed E-state index contributed by atoms with van der Waals surface area (Å²) in [5, 5.41) is 6.27. The number of carbonyl (C=O) groups excluding carboxylic acids is 1. The maximum atomic E-state index is 12.0. The molecule has 1 saturated heterocycles. The topological polar surface area (TPSA) is 44.4 Å². The van der Waals surface area contributed by atoms with Crippen LogP contribution in [0.25, 0.3) is 0 Å². The van der Waals surface area contributed by atoms with Gasteiger partial charge in [0.15, 0.2) is 0 Å². The van der Waals surface area contributed by atoms with Crippen molar-refractivity contribution in [2.75, 3.05) is 26.2 Å². The van der Waals surface area contributed by atoms with Crippen molar-refractivity contribution in [3.05, 3.63) is 35.9 Å². The van der Waals surface area contributed by atoms with E-state index in [4.69, 9.17) is 0 Å². The Morgan fingerprint density at radius 1 is 1.44 bits per heavy atom. The molecule has 0 aliphatic carbocycles. The van der Waals surface area contributed by atoms with E-state index in [0.29, 0.717) is 6.54 Å². The number of hydrogen-bond acceptors (Lipinski definition) is 2. The molecule has 0 saturated carbocycles. The van der Waals surface area contributed by atoms with E-state index in [1.807, 2.05) is 23.1 Å². The summed E-state index contributed by atoms with van der Waals surface area (Å²) in [5.41, 5.74) is 1.26. The van der Waals surface area contributed by atoms with Crippen molar-refractivity contribution in [2.45, 2.75) is 19.4 Å². The molecule has 0 aromatic heterocycles. The third-order valence-corrected chi connectivity index (χ3v) is 3.29. The van der Waals surface area contributed by atoms with E-state index < -0.39 is 0 Å². The smallest absolute Gasteiger partial charge is 0.317 e. The molecular formula is C14H21N3O. The Morgan fingerprint density at radius 3 is 2.94 bits per heavy atom. The van der Waals surface area contributed by atoms with E-state index in [9.17, 15) is 4.79 Å². The zero-order valence-corrected chi connectivity index (χ0v) is 10.9. The van der Waals surface area contributed by atoms with Gasteiger partial charge in [-0.15, -0.1) is 0 Å². The van der Waals surface area contributed by atoms with Crippen LogP contribution < -0.4 is 10.6 Å². The van der Waals surface area contributed by atoms with Crippen molar-refractivity contribution in [1.29, 1.82) is 0 Å². The Balaban J connectivity index is 1.74. The molecule has 1 aliphatic rings. The first-order valence-corrected chi connectivity index (χ1v) is 6.56. The molecule has 1 aliphatic heterocycles. The van der Waals surface area contributed by atoms with E-state index in [1.54, 1.807) is 0 Å². The SMILES string of the molecule is CC1CNCCN1C(=O)NCCc1ccccc1. The molecule has 18 heavy (non-hydrogen) atoms. The van der Waals surface area contributed by atoms with Crippen LogP contribution >= 0.6 is 0 Å². The zero-order chi connectivity index (χ0) is 12.8. The van der Waals surface area contributed by atoms with Gasteiger partial charge < -0.3 is 15.5 Å². The fraction of sp³-hybridized carbons (Fsp3) is 0.500. The van der Waals surface area contributed by atoms with Crippen LogP contribution in [-0.4, -0.2) is 43.2 Å². The molecule has 1 heterocycles. The van der Waals surface area contributed by atoms with Crippen molar-refractivity contribution < 1.29 is 4.79 Å². The van der Waals surface area contributed by atoms with Gasteiger partial charge in [0.1, 0.15) is 0 Å². The van der Waals surface area contributed by atoms with Crippen molar-refractivity contribution in [2.24, 2.45) is 0 Å². The second-order valence-corrected chi connectivity index (χ2v) is 4.71. The summed E-state index contributed by atoms with van der Waals surface area (Å²) >= 11 is 0.